The Balaban J connectivity index is 1.49. The van der Waals surface area contributed by atoms with Gasteiger partial charge in [0.15, 0.2) is 0 Å². The van der Waals surface area contributed by atoms with Crippen molar-refractivity contribution in [2.24, 2.45) is 0 Å². The Morgan fingerprint density at radius 1 is 0.969 bits per heavy atom. The van der Waals surface area contributed by atoms with Gasteiger partial charge >= 0.3 is 0 Å². The lowest BCUT2D eigenvalue weighted by molar-refractivity contribution is 0.414. The summed E-state index contributed by atoms with van der Waals surface area (Å²) in [6.07, 6.45) is 3.10. The van der Waals surface area contributed by atoms with E-state index in [-0.39, 0.29) is 5.82 Å². The number of nitriles is 1. The van der Waals surface area contributed by atoms with Gasteiger partial charge in [-0.05, 0) is 54.1 Å². The van der Waals surface area contributed by atoms with Crippen LogP contribution in [0.25, 0.3) is 11.3 Å². The van der Waals surface area contributed by atoms with E-state index in [2.05, 4.69) is 31.7 Å². The van der Waals surface area contributed by atoms with Crippen LogP contribution < -0.4 is 15.4 Å². The van der Waals surface area contributed by atoms with E-state index in [9.17, 15) is 9.65 Å². The third-order valence-corrected chi connectivity index (χ3v) is 4.68. The zero-order valence-electron chi connectivity index (χ0n) is 17.2. The first kappa shape index (κ1) is 20.8. The second kappa shape index (κ2) is 9.53. The lowest BCUT2D eigenvalue weighted by Gasteiger charge is -2.10. The van der Waals surface area contributed by atoms with Gasteiger partial charge in [0.1, 0.15) is 23.5 Å². The molecule has 0 unspecified atom stereocenters. The molecule has 0 amide bonds. The molecule has 0 spiro atoms. The first-order chi connectivity index (χ1) is 15.6. The average molecular weight is 426 g/mol. The molecular weight excluding hydrogens is 407 g/mol. The van der Waals surface area contributed by atoms with Gasteiger partial charge in [0.2, 0.25) is 5.95 Å². The van der Waals surface area contributed by atoms with Crippen LogP contribution in [0.2, 0.25) is 0 Å². The summed E-state index contributed by atoms with van der Waals surface area (Å²) in [5, 5.41) is 15.7. The van der Waals surface area contributed by atoms with E-state index >= 15 is 0 Å². The van der Waals surface area contributed by atoms with Gasteiger partial charge in [-0.1, -0.05) is 12.1 Å². The lowest BCUT2D eigenvalue weighted by Crippen LogP contribution is -2.02. The normalized spacial score (nSPS) is 10.3. The second-order valence-corrected chi connectivity index (χ2v) is 6.83. The summed E-state index contributed by atoms with van der Waals surface area (Å²) < 4.78 is 18.3. The van der Waals surface area contributed by atoms with E-state index in [1.54, 1.807) is 25.4 Å². The number of rotatable bonds is 7. The summed E-state index contributed by atoms with van der Waals surface area (Å²) >= 11 is 0. The predicted molar refractivity (Wildman–Crippen MR) is 120 cm³/mol. The van der Waals surface area contributed by atoms with E-state index in [1.165, 1.54) is 18.3 Å². The quantitative estimate of drug-likeness (QED) is 0.433. The number of anilines is 3. The highest BCUT2D eigenvalue weighted by atomic mass is 19.1. The van der Waals surface area contributed by atoms with Crippen LogP contribution in [0.5, 0.6) is 5.75 Å². The molecule has 0 saturated heterocycles. The number of pyridine rings is 1. The third kappa shape index (κ3) is 4.96. The van der Waals surface area contributed by atoms with Crippen LogP contribution in [0, 0.1) is 17.1 Å². The molecule has 4 aromatic rings. The van der Waals surface area contributed by atoms with Crippen LogP contribution in [-0.2, 0) is 6.54 Å². The van der Waals surface area contributed by atoms with Crippen LogP contribution in [0.4, 0.5) is 21.8 Å². The molecule has 2 aromatic heterocycles. The number of benzene rings is 2. The van der Waals surface area contributed by atoms with Gasteiger partial charge in [-0.25, -0.2) is 19.3 Å². The summed E-state index contributed by atoms with van der Waals surface area (Å²) in [4.78, 5) is 13.1. The number of nitrogens with one attached hydrogen (secondary N) is 2. The van der Waals surface area contributed by atoms with Gasteiger partial charge in [0, 0.05) is 24.0 Å². The maximum absolute atomic E-state index is 13.1. The van der Waals surface area contributed by atoms with E-state index in [0.29, 0.717) is 40.8 Å². The summed E-state index contributed by atoms with van der Waals surface area (Å²) in [5.74, 6) is 1.47. The maximum atomic E-state index is 13.1. The Morgan fingerprint density at radius 2 is 1.75 bits per heavy atom. The molecule has 7 nitrogen and oxygen atoms in total. The lowest BCUT2D eigenvalue weighted by atomic mass is 10.1. The molecule has 158 valence electrons. The number of halogens is 1. The predicted octanol–water partition coefficient (Wildman–Crippen LogP) is 4.91. The summed E-state index contributed by atoms with van der Waals surface area (Å²) in [6, 6.07) is 19.4. The highest BCUT2D eigenvalue weighted by molar-refractivity contribution is 5.68. The third-order valence-electron chi connectivity index (χ3n) is 4.68. The zero-order valence-corrected chi connectivity index (χ0v) is 17.2. The monoisotopic (exact) mass is 426 g/mol. The minimum Gasteiger partial charge on any atom is -0.497 e. The van der Waals surface area contributed by atoms with E-state index in [4.69, 9.17) is 4.74 Å². The molecule has 8 heteroatoms. The van der Waals surface area contributed by atoms with Crippen LogP contribution in [0.1, 0.15) is 11.1 Å². The average Bonchev–Trinajstić information content (AvgIpc) is 2.85. The molecular formula is C24H19FN6O. The zero-order chi connectivity index (χ0) is 22.3. The van der Waals surface area contributed by atoms with Crippen LogP contribution in [0.3, 0.4) is 0 Å². The highest BCUT2D eigenvalue weighted by Gasteiger charge is 2.11. The van der Waals surface area contributed by atoms with Gasteiger partial charge in [-0.15, -0.1) is 0 Å². The summed E-state index contributed by atoms with van der Waals surface area (Å²) in [5.41, 5.74) is 3.20. The minimum atomic E-state index is -0.330. The highest BCUT2D eigenvalue weighted by Crippen LogP contribution is 2.24. The number of nitrogens with zero attached hydrogens (tertiary/aromatic N) is 4. The van der Waals surface area contributed by atoms with Crippen molar-refractivity contribution in [2.75, 3.05) is 17.7 Å². The molecule has 2 N–H and O–H groups in total. The van der Waals surface area contributed by atoms with Crippen molar-refractivity contribution < 1.29 is 9.13 Å². The molecule has 0 atom stereocenters. The molecule has 0 aliphatic rings. The fourth-order valence-corrected chi connectivity index (χ4v) is 2.98. The van der Waals surface area contributed by atoms with Gasteiger partial charge in [-0.3, -0.25) is 0 Å². The van der Waals surface area contributed by atoms with Gasteiger partial charge in [0.05, 0.1) is 24.6 Å². The second-order valence-electron chi connectivity index (χ2n) is 6.83. The number of methoxy groups -OCH3 is 1. The Hall–Kier alpha value is -4.51. The number of hydrogen-bond donors (Lipinski definition) is 2. The van der Waals surface area contributed by atoms with Gasteiger partial charge in [-0.2, -0.15) is 5.26 Å². The van der Waals surface area contributed by atoms with Gasteiger partial charge < -0.3 is 15.4 Å². The van der Waals surface area contributed by atoms with Crippen LogP contribution in [-0.4, -0.2) is 22.1 Å². The number of ether oxygens (including phenoxy) is 1. The Bertz CT molecular complexity index is 1240. The fourth-order valence-electron chi connectivity index (χ4n) is 2.98. The Labute approximate surface area is 184 Å². The van der Waals surface area contributed by atoms with Crippen molar-refractivity contribution in [3.05, 3.63) is 90.0 Å². The Kier molecular flexibility index (Phi) is 6.18. The number of aromatic nitrogens is 3. The SMILES string of the molecule is COc1ccc(CNc2ccc(-c3nc(Nc4ccc(F)cc4)ncc3C#N)cn2)cc1. The van der Waals surface area contributed by atoms with Crippen molar-refractivity contribution in [2.45, 2.75) is 6.54 Å². The molecule has 0 fully saturated rings. The molecule has 2 heterocycles. The summed E-state index contributed by atoms with van der Waals surface area (Å²) in [7, 11) is 1.63. The first-order valence-electron chi connectivity index (χ1n) is 9.77. The smallest absolute Gasteiger partial charge is 0.227 e. The molecule has 0 saturated carbocycles. The van der Waals surface area contributed by atoms with Crippen LogP contribution >= 0.6 is 0 Å². The molecule has 0 radical (unpaired) electrons. The molecule has 0 bridgehead atoms. The van der Waals surface area contributed by atoms with Crippen LogP contribution in [0.15, 0.2) is 73.1 Å². The van der Waals surface area contributed by atoms with Crippen molar-refractivity contribution in [1.29, 1.82) is 5.26 Å². The van der Waals surface area contributed by atoms with Crippen molar-refractivity contribution in [1.82, 2.24) is 15.0 Å². The standard InChI is InChI=1S/C24H19FN6O/c1-32-21-9-2-16(3-10-21)13-27-22-11-4-17(14-28-22)23-18(12-26)15-29-24(31-23)30-20-7-5-19(25)6-8-20/h2-11,14-15H,13H2,1H3,(H,27,28)(H,29,30,31). The fraction of sp³-hybridized carbons (Fsp3) is 0.0833. The van der Waals surface area contributed by atoms with Crippen molar-refractivity contribution in [3.8, 4) is 23.1 Å². The van der Waals surface area contributed by atoms with E-state index in [0.717, 1.165) is 11.3 Å². The Morgan fingerprint density at radius 3 is 2.41 bits per heavy atom. The largest absolute Gasteiger partial charge is 0.497 e. The molecule has 0 aliphatic carbocycles. The molecule has 0 aliphatic heterocycles. The van der Waals surface area contributed by atoms with E-state index in [1.807, 2.05) is 36.4 Å². The maximum Gasteiger partial charge on any atom is 0.227 e. The molecule has 32 heavy (non-hydrogen) atoms. The molecule has 4 rings (SSSR count). The van der Waals surface area contributed by atoms with E-state index < -0.39 is 0 Å². The summed E-state index contributed by atoms with van der Waals surface area (Å²) in [6.45, 7) is 0.610. The first-order valence-corrected chi connectivity index (χ1v) is 9.77. The topological polar surface area (TPSA) is 95.8 Å². The number of hydrogen-bond acceptors (Lipinski definition) is 7. The van der Waals surface area contributed by atoms with Gasteiger partial charge in [0.25, 0.3) is 0 Å². The van der Waals surface area contributed by atoms with Crippen molar-refractivity contribution in [3.63, 3.8) is 0 Å². The van der Waals surface area contributed by atoms with Crippen molar-refractivity contribution >= 4 is 17.5 Å². The minimum absolute atomic E-state index is 0.298. The molecule has 2 aromatic carbocycles.